The van der Waals surface area contributed by atoms with Crippen LogP contribution in [0.5, 0.6) is 17.2 Å². The minimum absolute atomic E-state index is 0.0558. The van der Waals surface area contributed by atoms with Crippen LogP contribution in [0.25, 0.3) is 11.3 Å². The summed E-state index contributed by atoms with van der Waals surface area (Å²) in [5.41, 5.74) is 16.7. The number of hydrogen-bond acceptors (Lipinski definition) is 7. The fraction of sp³-hybridized carbons (Fsp3) is 0.227. The number of aromatic amines is 1. The van der Waals surface area contributed by atoms with Gasteiger partial charge in [0.05, 0.1) is 32.7 Å². The van der Waals surface area contributed by atoms with Crippen LogP contribution in [0.3, 0.4) is 0 Å². The molecule has 160 valence electrons. The number of methoxy groups -OCH3 is 3. The molecule has 0 saturated heterocycles. The summed E-state index contributed by atoms with van der Waals surface area (Å²) in [6, 6.07) is 9.36. The zero-order valence-electron chi connectivity index (χ0n) is 17.6. The fourth-order valence-electron chi connectivity index (χ4n) is 3.89. The van der Waals surface area contributed by atoms with Gasteiger partial charge in [0.15, 0.2) is 23.3 Å². The van der Waals surface area contributed by atoms with Crippen LogP contribution in [0.15, 0.2) is 35.3 Å². The van der Waals surface area contributed by atoms with Gasteiger partial charge in [0.2, 0.25) is 5.75 Å². The number of amidine groups is 1. The maximum absolute atomic E-state index is 7.82. The van der Waals surface area contributed by atoms with Crippen LogP contribution < -0.4 is 25.7 Å². The molecule has 0 atom stereocenters. The zero-order chi connectivity index (χ0) is 22.1. The Balaban J connectivity index is 1.83. The highest BCUT2D eigenvalue weighted by Crippen LogP contribution is 2.43. The summed E-state index contributed by atoms with van der Waals surface area (Å²) >= 11 is 0. The Hall–Kier alpha value is -4.01. The summed E-state index contributed by atoms with van der Waals surface area (Å²) in [5.74, 6) is 2.29. The number of nitrogens with zero attached hydrogens (tertiary/aromatic N) is 2. The molecule has 0 saturated carbocycles. The van der Waals surface area contributed by atoms with E-state index in [0.717, 1.165) is 40.8 Å². The maximum Gasteiger partial charge on any atom is 0.203 e. The average molecular weight is 420 g/mol. The van der Waals surface area contributed by atoms with Crippen molar-refractivity contribution in [3.8, 4) is 28.5 Å². The summed E-state index contributed by atoms with van der Waals surface area (Å²) < 4.78 is 16.3. The number of ether oxygens (including phenoxy) is 3. The Morgan fingerprint density at radius 1 is 1.10 bits per heavy atom. The van der Waals surface area contributed by atoms with Gasteiger partial charge in [-0.1, -0.05) is 18.2 Å². The smallest absolute Gasteiger partial charge is 0.203 e. The maximum atomic E-state index is 7.82. The van der Waals surface area contributed by atoms with E-state index in [1.165, 1.54) is 0 Å². The van der Waals surface area contributed by atoms with Crippen molar-refractivity contribution in [3.63, 3.8) is 0 Å². The molecule has 0 radical (unpaired) electrons. The van der Waals surface area contributed by atoms with Crippen LogP contribution in [0.4, 0.5) is 11.8 Å². The Labute approximate surface area is 179 Å². The number of hydrogen-bond donors (Lipinski definition) is 4. The van der Waals surface area contributed by atoms with Crippen LogP contribution in [-0.4, -0.2) is 42.8 Å². The van der Waals surface area contributed by atoms with Gasteiger partial charge >= 0.3 is 0 Å². The molecule has 3 aromatic rings. The topological polar surface area (TPSA) is 145 Å². The first kappa shape index (κ1) is 20.3. The number of fused-ring (bicyclic) bond motifs is 1. The van der Waals surface area contributed by atoms with Crippen molar-refractivity contribution in [3.05, 3.63) is 47.0 Å². The third-order valence-corrected chi connectivity index (χ3v) is 5.29. The molecule has 6 N–H and O–H groups in total. The summed E-state index contributed by atoms with van der Waals surface area (Å²) in [5, 5.41) is 7.82. The minimum Gasteiger partial charge on any atom is -0.493 e. The highest BCUT2D eigenvalue weighted by atomic mass is 16.5. The van der Waals surface area contributed by atoms with Gasteiger partial charge in [0.1, 0.15) is 5.84 Å². The van der Waals surface area contributed by atoms with Crippen LogP contribution in [0, 0.1) is 5.41 Å². The van der Waals surface area contributed by atoms with Crippen molar-refractivity contribution in [2.24, 2.45) is 10.7 Å². The monoisotopic (exact) mass is 420 g/mol. The molecule has 1 heterocycles. The summed E-state index contributed by atoms with van der Waals surface area (Å²) in [6.45, 7) is 0. The zero-order valence-corrected chi connectivity index (χ0v) is 17.6. The SMILES string of the molecule is COc1cc(-c2[nH]c(N)nc2N=C2CCc3c(C(=N)N)cccc32)cc(OC)c1OC. The lowest BCUT2D eigenvalue weighted by molar-refractivity contribution is 0.324. The lowest BCUT2D eigenvalue weighted by atomic mass is 10.0. The van der Waals surface area contributed by atoms with E-state index < -0.39 is 0 Å². The molecule has 0 bridgehead atoms. The van der Waals surface area contributed by atoms with E-state index in [9.17, 15) is 0 Å². The van der Waals surface area contributed by atoms with E-state index >= 15 is 0 Å². The van der Waals surface area contributed by atoms with Gasteiger partial charge in [0.25, 0.3) is 0 Å². The number of aromatic nitrogens is 2. The highest BCUT2D eigenvalue weighted by Gasteiger charge is 2.23. The van der Waals surface area contributed by atoms with Crippen molar-refractivity contribution in [2.75, 3.05) is 27.1 Å². The third kappa shape index (κ3) is 3.54. The second-order valence-corrected chi connectivity index (χ2v) is 7.04. The molecular formula is C22H24N6O3. The standard InChI is InChI=1S/C22H24N6O3/c1-29-16-9-11(10-17(30-2)19(16)31-3)18-21(28-22(25)27-18)26-15-8-7-12-13(15)5-4-6-14(12)20(23)24/h4-6,9-10H,7-8H2,1-3H3,(H3,23,24)(H3,25,27,28). The van der Waals surface area contributed by atoms with Crippen molar-refractivity contribution in [1.29, 1.82) is 5.41 Å². The average Bonchev–Trinajstić information content (AvgIpc) is 3.35. The quantitative estimate of drug-likeness (QED) is 0.356. The van der Waals surface area contributed by atoms with E-state index in [1.807, 2.05) is 30.3 Å². The molecule has 9 heteroatoms. The Morgan fingerprint density at radius 2 is 1.81 bits per heavy atom. The number of rotatable bonds is 6. The predicted molar refractivity (Wildman–Crippen MR) is 120 cm³/mol. The third-order valence-electron chi connectivity index (χ3n) is 5.29. The lowest BCUT2D eigenvalue weighted by Crippen LogP contribution is -2.13. The second kappa shape index (κ2) is 8.02. The van der Waals surface area contributed by atoms with Gasteiger partial charge in [0, 0.05) is 11.1 Å². The van der Waals surface area contributed by atoms with E-state index in [4.69, 9.17) is 36.1 Å². The summed E-state index contributed by atoms with van der Waals surface area (Å²) in [4.78, 5) is 12.3. The molecule has 0 amide bonds. The molecular weight excluding hydrogens is 396 g/mol. The first-order valence-electron chi connectivity index (χ1n) is 9.66. The van der Waals surface area contributed by atoms with Gasteiger partial charge < -0.3 is 30.7 Å². The predicted octanol–water partition coefficient (Wildman–Crippen LogP) is 3.04. The normalized spacial score (nSPS) is 13.8. The summed E-state index contributed by atoms with van der Waals surface area (Å²) in [7, 11) is 4.68. The van der Waals surface area contributed by atoms with E-state index in [2.05, 4.69) is 9.97 Å². The van der Waals surface area contributed by atoms with Crippen LogP contribution in [0.1, 0.15) is 23.1 Å². The molecule has 1 aromatic heterocycles. The van der Waals surface area contributed by atoms with Crippen molar-refractivity contribution >= 4 is 23.3 Å². The van der Waals surface area contributed by atoms with E-state index in [-0.39, 0.29) is 11.8 Å². The number of aliphatic imine (C=N–C) groups is 1. The first-order valence-corrected chi connectivity index (χ1v) is 9.66. The molecule has 31 heavy (non-hydrogen) atoms. The van der Waals surface area contributed by atoms with Crippen molar-refractivity contribution < 1.29 is 14.2 Å². The van der Waals surface area contributed by atoms with E-state index in [1.54, 1.807) is 21.3 Å². The number of benzene rings is 2. The van der Waals surface area contributed by atoms with Gasteiger partial charge in [-0.05, 0) is 36.1 Å². The van der Waals surface area contributed by atoms with Crippen LogP contribution in [0.2, 0.25) is 0 Å². The number of nitrogens with one attached hydrogen (secondary N) is 2. The highest BCUT2D eigenvalue weighted by molar-refractivity contribution is 6.09. The molecule has 1 aliphatic rings. The van der Waals surface area contributed by atoms with Gasteiger partial charge in [-0.25, -0.2) is 4.99 Å². The first-order chi connectivity index (χ1) is 15.0. The number of H-pyrrole nitrogens is 1. The lowest BCUT2D eigenvalue weighted by Gasteiger charge is -2.13. The molecule has 2 aromatic carbocycles. The fourth-order valence-corrected chi connectivity index (χ4v) is 3.89. The molecule has 0 unspecified atom stereocenters. The van der Waals surface area contributed by atoms with Crippen LogP contribution in [-0.2, 0) is 6.42 Å². The second-order valence-electron chi connectivity index (χ2n) is 7.04. The largest absolute Gasteiger partial charge is 0.493 e. The molecule has 0 fully saturated rings. The van der Waals surface area contributed by atoms with E-state index in [0.29, 0.717) is 28.8 Å². The summed E-state index contributed by atoms with van der Waals surface area (Å²) in [6.07, 6.45) is 1.49. The van der Waals surface area contributed by atoms with Crippen LogP contribution >= 0.6 is 0 Å². The number of anilines is 1. The Bertz CT molecular complexity index is 1170. The number of nitrogen functional groups attached to an aromatic ring is 2. The molecule has 9 nitrogen and oxygen atoms in total. The molecule has 1 aliphatic carbocycles. The molecule has 4 rings (SSSR count). The Kier molecular flexibility index (Phi) is 5.24. The van der Waals surface area contributed by atoms with Gasteiger partial charge in [-0.2, -0.15) is 4.98 Å². The Morgan fingerprint density at radius 3 is 2.42 bits per heavy atom. The molecule has 0 spiro atoms. The van der Waals surface area contributed by atoms with Crippen molar-refractivity contribution in [1.82, 2.24) is 9.97 Å². The number of imidazole rings is 1. The van der Waals surface area contributed by atoms with Gasteiger partial charge in [-0.15, -0.1) is 0 Å². The molecule has 0 aliphatic heterocycles. The minimum atomic E-state index is 0.0558. The van der Waals surface area contributed by atoms with Crippen molar-refractivity contribution in [2.45, 2.75) is 12.8 Å². The number of nitrogens with two attached hydrogens (primary N) is 2. The van der Waals surface area contributed by atoms with Gasteiger partial charge in [-0.3, -0.25) is 5.41 Å².